The lowest BCUT2D eigenvalue weighted by atomic mass is 10.0. The highest BCUT2D eigenvalue weighted by molar-refractivity contribution is 6.20. The van der Waals surface area contributed by atoms with Gasteiger partial charge in [0.1, 0.15) is 0 Å². The Balaban J connectivity index is 1.87. The zero-order chi connectivity index (χ0) is 16.2. The van der Waals surface area contributed by atoms with E-state index >= 15 is 0 Å². The molecule has 118 valence electrons. The largest absolute Gasteiger partial charge is 0.478 e. The van der Waals surface area contributed by atoms with Crippen molar-refractivity contribution in [1.82, 2.24) is 0 Å². The topological polar surface area (TPSA) is 40.5 Å². The van der Waals surface area contributed by atoms with Crippen LogP contribution in [0.4, 0.5) is 5.69 Å². The lowest BCUT2D eigenvalue weighted by Gasteiger charge is -2.17. The number of carboxylic acids is 1. The quantitative estimate of drug-likeness (QED) is 0.679. The first-order valence-electron chi connectivity index (χ1n) is 8.00. The zero-order valence-electron chi connectivity index (χ0n) is 13.3. The van der Waals surface area contributed by atoms with Crippen LogP contribution in [0.2, 0.25) is 0 Å². The van der Waals surface area contributed by atoms with Crippen molar-refractivity contribution in [3.63, 3.8) is 0 Å². The van der Waals surface area contributed by atoms with Gasteiger partial charge in [-0.15, -0.1) is 0 Å². The molecule has 1 saturated heterocycles. The normalized spacial score (nSPS) is 15.0. The fourth-order valence-electron chi connectivity index (χ4n) is 2.93. The van der Waals surface area contributed by atoms with Gasteiger partial charge in [-0.05, 0) is 49.1 Å². The molecule has 1 aliphatic heterocycles. The summed E-state index contributed by atoms with van der Waals surface area (Å²) in [5.74, 6) is -0.905. The first kappa shape index (κ1) is 15.3. The van der Waals surface area contributed by atoms with Crippen LogP contribution in [0.5, 0.6) is 0 Å². The van der Waals surface area contributed by atoms with Gasteiger partial charge in [-0.2, -0.15) is 0 Å². The summed E-state index contributed by atoms with van der Waals surface area (Å²) in [5, 5.41) is 9.51. The Morgan fingerprint density at radius 2 is 1.61 bits per heavy atom. The Hall–Kier alpha value is -2.55. The van der Waals surface area contributed by atoms with E-state index in [1.165, 1.54) is 18.5 Å². The molecule has 0 unspecified atom stereocenters. The molecule has 23 heavy (non-hydrogen) atoms. The van der Waals surface area contributed by atoms with Crippen molar-refractivity contribution < 1.29 is 9.90 Å². The highest BCUT2D eigenvalue weighted by Crippen LogP contribution is 2.23. The molecule has 2 aromatic rings. The molecule has 3 heteroatoms. The van der Waals surface area contributed by atoms with Gasteiger partial charge in [0.05, 0.1) is 5.57 Å². The Morgan fingerprint density at radius 1 is 1.00 bits per heavy atom. The Morgan fingerprint density at radius 3 is 2.17 bits per heavy atom. The summed E-state index contributed by atoms with van der Waals surface area (Å²) in [6, 6.07) is 15.7. The minimum absolute atomic E-state index is 0.318. The van der Waals surface area contributed by atoms with Crippen molar-refractivity contribution in [1.29, 1.82) is 0 Å². The van der Waals surface area contributed by atoms with Crippen molar-refractivity contribution in [2.75, 3.05) is 18.0 Å². The highest BCUT2D eigenvalue weighted by atomic mass is 16.4. The molecule has 0 amide bonds. The van der Waals surface area contributed by atoms with Gasteiger partial charge in [0.15, 0.2) is 0 Å². The monoisotopic (exact) mass is 307 g/mol. The van der Waals surface area contributed by atoms with E-state index in [4.69, 9.17) is 0 Å². The SMILES string of the molecule is Cc1ccc(/C(=C/c2ccc(N3CCCC3)cc2)C(=O)O)cc1. The van der Waals surface area contributed by atoms with Gasteiger partial charge in [0.25, 0.3) is 0 Å². The number of aliphatic carboxylic acids is 1. The van der Waals surface area contributed by atoms with Gasteiger partial charge in [-0.25, -0.2) is 4.79 Å². The maximum absolute atomic E-state index is 11.6. The van der Waals surface area contributed by atoms with Crippen LogP contribution in [0.1, 0.15) is 29.5 Å². The zero-order valence-corrected chi connectivity index (χ0v) is 13.3. The van der Waals surface area contributed by atoms with Crippen LogP contribution in [0, 0.1) is 6.92 Å². The Bertz CT molecular complexity index is 708. The summed E-state index contributed by atoms with van der Waals surface area (Å²) in [4.78, 5) is 14.0. The third kappa shape index (κ3) is 3.62. The number of nitrogens with zero attached hydrogens (tertiary/aromatic N) is 1. The molecule has 1 fully saturated rings. The summed E-state index contributed by atoms with van der Waals surface area (Å²) in [6.45, 7) is 4.21. The number of rotatable bonds is 4. The predicted molar refractivity (Wildman–Crippen MR) is 94.6 cm³/mol. The van der Waals surface area contributed by atoms with E-state index in [2.05, 4.69) is 17.0 Å². The van der Waals surface area contributed by atoms with E-state index in [-0.39, 0.29) is 0 Å². The molecule has 0 spiro atoms. The lowest BCUT2D eigenvalue weighted by Crippen LogP contribution is -2.17. The summed E-state index contributed by atoms with van der Waals surface area (Å²) in [7, 11) is 0. The maximum atomic E-state index is 11.6. The number of aryl methyl sites for hydroxylation is 1. The molecule has 2 aromatic carbocycles. The smallest absolute Gasteiger partial charge is 0.336 e. The van der Waals surface area contributed by atoms with Gasteiger partial charge < -0.3 is 10.0 Å². The molecule has 1 heterocycles. The van der Waals surface area contributed by atoms with Gasteiger partial charge in [-0.3, -0.25) is 0 Å². The minimum Gasteiger partial charge on any atom is -0.478 e. The van der Waals surface area contributed by atoms with E-state index in [1.807, 2.05) is 43.3 Å². The van der Waals surface area contributed by atoms with Crippen molar-refractivity contribution in [3.05, 3.63) is 65.2 Å². The summed E-state index contributed by atoms with van der Waals surface area (Å²) < 4.78 is 0. The number of hydrogen-bond donors (Lipinski definition) is 1. The van der Waals surface area contributed by atoms with Crippen LogP contribution in [-0.2, 0) is 4.79 Å². The van der Waals surface area contributed by atoms with Crippen molar-refractivity contribution in [2.24, 2.45) is 0 Å². The summed E-state index contributed by atoms with van der Waals surface area (Å²) in [5.41, 5.74) is 4.29. The molecule has 3 rings (SSSR count). The van der Waals surface area contributed by atoms with Crippen LogP contribution < -0.4 is 4.90 Å². The first-order chi connectivity index (χ1) is 11.1. The number of hydrogen-bond acceptors (Lipinski definition) is 2. The molecule has 0 radical (unpaired) electrons. The van der Waals surface area contributed by atoms with Crippen LogP contribution >= 0.6 is 0 Å². The van der Waals surface area contributed by atoms with Crippen LogP contribution in [0.3, 0.4) is 0 Å². The fraction of sp³-hybridized carbons (Fsp3) is 0.250. The van der Waals surface area contributed by atoms with Gasteiger partial charge in [-0.1, -0.05) is 42.0 Å². The van der Waals surface area contributed by atoms with E-state index in [9.17, 15) is 9.90 Å². The van der Waals surface area contributed by atoms with Crippen LogP contribution in [-0.4, -0.2) is 24.2 Å². The van der Waals surface area contributed by atoms with Gasteiger partial charge >= 0.3 is 5.97 Å². The molecule has 0 aliphatic carbocycles. The van der Waals surface area contributed by atoms with Crippen molar-refractivity contribution >= 4 is 23.3 Å². The number of anilines is 1. The van der Waals surface area contributed by atoms with Crippen molar-refractivity contribution in [2.45, 2.75) is 19.8 Å². The molecule has 0 bridgehead atoms. The average molecular weight is 307 g/mol. The van der Waals surface area contributed by atoms with Gasteiger partial charge in [0.2, 0.25) is 0 Å². The Kier molecular flexibility index (Phi) is 4.47. The molecule has 0 aromatic heterocycles. The average Bonchev–Trinajstić information content (AvgIpc) is 3.08. The van der Waals surface area contributed by atoms with E-state index < -0.39 is 5.97 Å². The van der Waals surface area contributed by atoms with Crippen molar-refractivity contribution in [3.8, 4) is 0 Å². The predicted octanol–water partition coefficient (Wildman–Crippen LogP) is 4.22. The second-order valence-electron chi connectivity index (χ2n) is 6.01. The molecule has 0 atom stereocenters. The second kappa shape index (κ2) is 6.69. The number of carbonyl (C=O) groups is 1. The minimum atomic E-state index is -0.905. The van der Waals surface area contributed by atoms with Crippen LogP contribution in [0.25, 0.3) is 11.6 Å². The molecular formula is C20H21NO2. The van der Waals surface area contributed by atoms with E-state index in [0.29, 0.717) is 5.57 Å². The molecule has 0 saturated carbocycles. The number of benzene rings is 2. The standard InChI is InChI=1S/C20H21NO2/c1-15-4-8-17(9-5-15)19(20(22)23)14-16-6-10-18(11-7-16)21-12-2-3-13-21/h4-11,14H,2-3,12-13H2,1H3,(H,22,23)/b19-14-. The third-order valence-electron chi connectivity index (χ3n) is 4.27. The molecular weight excluding hydrogens is 286 g/mol. The summed E-state index contributed by atoms with van der Waals surface area (Å²) in [6.07, 6.45) is 4.23. The lowest BCUT2D eigenvalue weighted by molar-refractivity contribution is -0.130. The Labute approximate surface area is 136 Å². The second-order valence-corrected chi connectivity index (χ2v) is 6.01. The maximum Gasteiger partial charge on any atom is 0.336 e. The fourth-order valence-corrected chi connectivity index (χ4v) is 2.93. The van der Waals surface area contributed by atoms with Gasteiger partial charge in [0, 0.05) is 18.8 Å². The van der Waals surface area contributed by atoms with E-state index in [1.54, 1.807) is 6.08 Å². The summed E-state index contributed by atoms with van der Waals surface area (Å²) >= 11 is 0. The number of carboxylic acid groups (broad SMARTS) is 1. The van der Waals surface area contributed by atoms with E-state index in [0.717, 1.165) is 29.8 Å². The first-order valence-corrected chi connectivity index (χ1v) is 8.00. The molecule has 1 N–H and O–H groups in total. The molecule has 3 nitrogen and oxygen atoms in total. The third-order valence-corrected chi connectivity index (χ3v) is 4.27. The van der Waals surface area contributed by atoms with Crippen LogP contribution in [0.15, 0.2) is 48.5 Å². The molecule has 1 aliphatic rings. The highest BCUT2D eigenvalue weighted by Gasteiger charge is 2.13.